The number of methoxy groups -OCH3 is 1. The first-order chi connectivity index (χ1) is 14.4. The summed E-state index contributed by atoms with van der Waals surface area (Å²) in [5.41, 5.74) is 7.88. The number of nitrogens with zero attached hydrogens (tertiary/aromatic N) is 1. The summed E-state index contributed by atoms with van der Waals surface area (Å²) in [5, 5.41) is 2.97. The van der Waals surface area contributed by atoms with E-state index in [0.29, 0.717) is 5.69 Å². The predicted molar refractivity (Wildman–Crippen MR) is 118 cm³/mol. The number of amides is 1. The van der Waals surface area contributed by atoms with Crippen LogP contribution in [0.25, 0.3) is 0 Å². The highest BCUT2D eigenvalue weighted by atomic mass is 35.5. The van der Waals surface area contributed by atoms with E-state index in [0.717, 1.165) is 18.8 Å². The fourth-order valence-corrected chi connectivity index (χ4v) is 3.49. The summed E-state index contributed by atoms with van der Waals surface area (Å²) in [7, 11) is 1.41. The lowest BCUT2D eigenvalue weighted by Crippen LogP contribution is -2.30. The van der Waals surface area contributed by atoms with Gasteiger partial charge < -0.3 is 25.4 Å². The van der Waals surface area contributed by atoms with Crippen LogP contribution in [0.2, 0.25) is 5.02 Å². The van der Waals surface area contributed by atoms with Crippen molar-refractivity contribution in [2.24, 2.45) is 0 Å². The molecule has 0 radical (unpaired) electrons. The summed E-state index contributed by atoms with van der Waals surface area (Å²) in [6.07, 6.45) is 2.66. The van der Waals surface area contributed by atoms with Gasteiger partial charge in [-0.15, -0.1) is 0 Å². The van der Waals surface area contributed by atoms with Crippen molar-refractivity contribution in [1.29, 1.82) is 0 Å². The molecule has 0 aliphatic carbocycles. The number of carbonyl (C=O) groups excluding carboxylic acids is 2. The van der Waals surface area contributed by atoms with Gasteiger partial charge in [-0.25, -0.2) is 4.79 Å². The second kappa shape index (κ2) is 9.71. The van der Waals surface area contributed by atoms with E-state index in [1.807, 2.05) is 24.3 Å². The Bertz CT molecular complexity index is 911. The average molecular weight is 432 g/mol. The van der Waals surface area contributed by atoms with Crippen molar-refractivity contribution < 1.29 is 19.1 Å². The number of hydrogen-bond donors (Lipinski definition) is 2. The van der Waals surface area contributed by atoms with Gasteiger partial charge in [0.2, 0.25) is 0 Å². The largest absolute Gasteiger partial charge is 0.496 e. The Labute approximate surface area is 181 Å². The molecule has 0 aromatic heterocycles. The van der Waals surface area contributed by atoms with Crippen LogP contribution in [-0.2, 0) is 9.53 Å². The van der Waals surface area contributed by atoms with Gasteiger partial charge in [0, 0.05) is 30.5 Å². The number of esters is 1. The maximum absolute atomic E-state index is 12.5. The molecule has 3 N–H and O–H groups in total. The molecule has 1 fully saturated rings. The Kier molecular flexibility index (Phi) is 7.05. The molecule has 0 spiro atoms. The van der Waals surface area contributed by atoms with Crippen LogP contribution < -0.4 is 20.7 Å². The van der Waals surface area contributed by atoms with Crippen molar-refractivity contribution in [2.75, 3.05) is 36.1 Å². The maximum atomic E-state index is 12.5. The molecule has 7 nitrogen and oxygen atoms in total. The number of rotatable bonds is 6. The molecule has 1 amide bonds. The van der Waals surface area contributed by atoms with E-state index >= 15 is 0 Å². The van der Waals surface area contributed by atoms with Crippen LogP contribution in [0.4, 0.5) is 17.1 Å². The molecule has 8 heteroatoms. The van der Waals surface area contributed by atoms with Gasteiger partial charge in [-0.05, 0) is 56.5 Å². The molecule has 3 rings (SSSR count). The number of halogens is 1. The first-order valence-electron chi connectivity index (χ1n) is 9.89. The third-order valence-electron chi connectivity index (χ3n) is 5.05. The third-order valence-corrected chi connectivity index (χ3v) is 5.38. The molecule has 1 aliphatic heterocycles. The quantitative estimate of drug-likeness (QED) is 0.528. The highest BCUT2D eigenvalue weighted by molar-refractivity contribution is 6.33. The topological polar surface area (TPSA) is 93.9 Å². The molecule has 0 saturated carbocycles. The van der Waals surface area contributed by atoms with E-state index in [9.17, 15) is 9.59 Å². The van der Waals surface area contributed by atoms with Crippen LogP contribution in [-0.4, -0.2) is 38.2 Å². The number of nitrogens with one attached hydrogen (secondary N) is 1. The number of hydrogen-bond acceptors (Lipinski definition) is 6. The Hall–Kier alpha value is -2.93. The normalized spacial score (nSPS) is 14.7. The Morgan fingerprint density at radius 2 is 1.80 bits per heavy atom. The number of nitrogens with two attached hydrogens (primary N) is 1. The van der Waals surface area contributed by atoms with E-state index < -0.39 is 18.0 Å². The number of benzene rings is 2. The molecule has 30 heavy (non-hydrogen) atoms. The number of anilines is 3. The molecular weight excluding hydrogens is 406 g/mol. The first-order valence-corrected chi connectivity index (χ1v) is 10.3. The van der Waals surface area contributed by atoms with Gasteiger partial charge in [0.15, 0.2) is 6.10 Å². The Morgan fingerprint density at radius 1 is 1.13 bits per heavy atom. The van der Waals surface area contributed by atoms with Crippen molar-refractivity contribution in [3.05, 3.63) is 47.0 Å². The van der Waals surface area contributed by atoms with Crippen molar-refractivity contribution in [3.63, 3.8) is 0 Å². The zero-order chi connectivity index (χ0) is 21.7. The fraction of sp³-hybridized carbons (Fsp3) is 0.364. The lowest BCUT2D eigenvalue weighted by atomic mass is 10.1. The molecule has 1 aliphatic rings. The van der Waals surface area contributed by atoms with Crippen LogP contribution in [0.5, 0.6) is 5.75 Å². The fourth-order valence-electron chi connectivity index (χ4n) is 3.33. The van der Waals surface area contributed by atoms with Crippen LogP contribution >= 0.6 is 11.6 Å². The van der Waals surface area contributed by atoms with Crippen LogP contribution in [0.15, 0.2) is 36.4 Å². The highest BCUT2D eigenvalue weighted by Crippen LogP contribution is 2.29. The van der Waals surface area contributed by atoms with Gasteiger partial charge in [0.1, 0.15) is 11.3 Å². The highest BCUT2D eigenvalue weighted by Gasteiger charge is 2.23. The van der Waals surface area contributed by atoms with E-state index in [1.54, 1.807) is 0 Å². The molecule has 1 saturated heterocycles. The smallest absolute Gasteiger partial charge is 0.342 e. The second-order valence-corrected chi connectivity index (χ2v) is 7.61. The summed E-state index contributed by atoms with van der Waals surface area (Å²) < 4.78 is 10.4. The van der Waals surface area contributed by atoms with Gasteiger partial charge in [-0.2, -0.15) is 0 Å². The summed E-state index contributed by atoms with van der Waals surface area (Å²) >= 11 is 5.99. The minimum atomic E-state index is -1.01. The van der Waals surface area contributed by atoms with E-state index in [1.165, 1.54) is 45.4 Å². The lowest BCUT2D eigenvalue weighted by molar-refractivity contribution is -0.123. The SMILES string of the molecule is COc1cc(N)c(Cl)cc1C(=O)OC(C)C(=O)Nc1ccc(N2CCCCC2)cc1. The van der Waals surface area contributed by atoms with Gasteiger partial charge in [0.25, 0.3) is 5.91 Å². The van der Waals surface area contributed by atoms with Gasteiger partial charge in [-0.3, -0.25) is 4.79 Å². The lowest BCUT2D eigenvalue weighted by Gasteiger charge is -2.28. The molecule has 1 atom stereocenters. The predicted octanol–water partition coefficient (Wildman–Crippen LogP) is 4.11. The number of carbonyl (C=O) groups is 2. The molecule has 1 heterocycles. The van der Waals surface area contributed by atoms with Crippen molar-refractivity contribution in [3.8, 4) is 5.75 Å². The average Bonchev–Trinajstić information content (AvgIpc) is 2.76. The zero-order valence-corrected chi connectivity index (χ0v) is 17.9. The molecule has 160 valence electrons. The maximum Gasteiger partial charge on any atom is 0.342 e. The van der Waals surface area contributed by atoms with Crippen LogP contribution in [0.1, 0.15) is 36.5 Å². The van der Waals surface area contributed by atoms with E-state index in [2.05, 4.69) is 10.2 Å². The second-order valence-electron chi connectivity index (χ2n) is 7.21. The third kappa shape index (κ3) is 5.16. The van der Waals surface area contributed by atoms with Crippen molar-refractivity contribution in [2.45, 2.75) is 32.3 Å². The van der Waals surface area contributed by atoms with E-state index in [-0.39, 0.29) is 22.0 Å². The summed E-state index contributed by atoms with van der Waals surface area (Å²) in [6, 6.07) is 10.5. The summed E-state index contributed by atoms with van der Waals surface area (Å²) in [4.78, 5) is 27.3. The number of nitrogen functional groups attached to an aromatic ring is 1. The molecule has 2 aromatic carbocycles. The molecule has 2 aromatic rings. The summed E-state index contributed by atoms with van der Waals surface area (Å²) in [5.74, 6) is -0.936. The molecule has 0 bridgehead atoms. The number of piperidine rings is 1. The molecular formula is C22H26ClN3O4. The minimum absolute atomic E-state index is 0.0993. The van der Waals surface area contributed by atoms with E-state index in [4.69, 9.17) is 26.8 Å². The standard InChI is InChI=1S/C22H26ClN3O4/c1-14(30-22(28)17-12-18(23)19(24)13-20(17)29-2)21(27)25-15-6-8-16(9-7-15)26-10-4-3-5-11-26/h6-9,12-14H,3-5,10-11,24H2,1-2H3,(H,25,27). The van der Waals surface area contributed by atoms with Crippen molar-refractivity contribution >= 4 is 40.5 Å². The van der Waals surface area contributed by atoms with Gasteiger partial charge in [-0.1, -0.05) is 11.6 Å². The Morgan fingerprint density at radius 3 is 2.43 bits per heavy atom. The molecule has 1 unspecified atom stereocenters. The number of ether oxygens (including phenoxy) is 2. The van der Waals surface area contributed by atoms with Gasteiger partial charge in [0.05, 0.1) is 17.8 Å². The first kappa shape index (κ1) is 21.8. The summed E-state index contributed by atoms with van der Waals surface area (Å²) in [6.45, 7) is 3.61. The minimum Gasteiger partial charge on any atom is -0.496 e. The van der Waals surface area contributed by atoms with Crippen LogP contribution in [0.3, 0.4) is 0 Å². The van der Waals surface area contributed by atoms with Crippen molar-refractivity contribution in [1.82, 2.24) is 0 Å². The van der Waals surface area contributed by atoms with Gasteiger partial charge >= 0.3 is 5.97 Å². The monoisotopic (exact) mass is 431 g/mol. The Balaban J connectivity index is 1.60. The zero-order valence-electron chi connectivity index (χ0n) is 17.1. The van der Waals surface area contributed by atoms with Crippen LogP contribution in [0, 0.1) is 0 Å².